The van der Waals surface area contributed by atoms with Crippen LogP contribution in [0.3, 0.4) is 0 Å². The van der Waals surface area contributed by atoms with Gasteiger partial charge in [0, 0.05) is 27.2 Å². The fourth-order valence-corrected chi connectivity index (χ4v) is 4.58. The third kappa shape index (κ3) is 3.29. The lowest BCUT2D eigenvalue weighted by Gasteiger charge is -2.46. The average molecular weight is 463 g/mol. The topological polar surface area (TPSA) is 23.6 Å². The molecule has 1 aromatic rings. The summed E-state index contributed by atoms with van der Waals surface area (Å²) in [6.07, 6.45) is 3.62. The van der Waals surface area contributed by atoms with Gasteiger partial charge < -0.3 is 9.80 Å². The second-order valence-corrected chi connectivity index (χ2v) is 8.21. The number of nitrogens with zero attached hydrogens (tertiary/aromatic N) is 2. The molecule has 21 heavy (non-hydrogen) atoms. The van der Waals surface area contributed by atoms with Gasteiger partial charge in [0.05, 0.1) is 5.56 Å². The van der Waals surface area contributed by atoms with Crippen molar-refractivity contribution in [3.8, 4) is 0 Å². The normalized spacial score (nSPS) is 26.5. The van der Waals surface area contributed by atoms with Crippen LogP contribution in [-0.2, 0) is 0 Å². The van der Waals surface area contributed by atoms with E-state index < -0.39 is 0 Å². The third-order valence-electron chi connectivity index (χ3n) is 4.79. The highest BCUT2D eigenvalue weighted by molar-refractivity contribution is 14.1. The van der Waals surface area contributed by atoms with E-state index in [0.29, 0.717) is 12.0 Å². The SMILES string of the molecule is CN1CCCC2CN(C(=O)c3cc(I)ccc3Br)CCC21. The molecule has 2 unspecified atom stereocenters. The standard InChI is InChI=1S/C16H20BrIN2O/c1-19-7-2-3-11-10-20(8-6-15(11)19)16(21)13-9-12(18)4-5-14(13)17/h4-5,9,11,15H,2-3,6-8,10H2,1H3. The molecule has 114 valence electrons. The van der Waals surface area contributed by atoms with E-state index in [2.05, 4.69) is 55.4 Å². The van der Waals surface area contributed by atoms with Crippen LogP contribution in [-0.4, -0.2) is 48.4 Å². The van der Waals surface area contributed by atoms with Crippen LogP contribution in [0.25, 0.3) is 0 Å². The van der Waals surface area contributed by atoms with Crippen LogP contribution in [0.2, 0.25) is 0 Å². The summed E-state index contributed by atoms with van der Waals surface area (Å²) in [6, 6.07) is 6.63. The zero-order chi connectivity index (χ0) is 15.0. The Labute approximate surface area is 148 Å². The number of rotatable bonds is 1. The first kappa shape index (κ1) is 15.7. The van der Waals surface area contributed by atoms with E-state index in [0.717, 1.165) is 33.1 Å². The average Bonchev–Trinajstić information content (AvgIpc) is 2.49. The van der Waals surface area contributed by atoms with Crippen LogP contribution in [0.5, 0.6) is 0 Å². The lowest BCUT2D eigenvalue weighted by molar-refractivity contribution is 0.0316. The first-order valence-electron chi connectivity index (χ1n) is 7.51. The number of carbonyl (C=O) groups is 1. The molecule has 1 aromatic carbocycles. The van der Waals surface area contributed by atoms with Crippen LogP contribution in [0.4, 0.5) is 0 Å². The largest absolute Gasteiger partial charge is 0.338 e. The fourth-order valence-electron chi connectivity index (χ4n) is 3.67. The Hall–Kier alpha value is -0.140. The van der Waals surface area contributed by atoms with Crippen molar-refractivity contribution in [2.75, 3.05) is 26.7 Å². The van der Waals surface area contributed by atoms with E-state index >= 15 is 0 Å². The predicted octanol–water partition coefficient (Wildman–Crippen LogP) is 3.61. The Morgan fingerprint density at radius 1 is 1.33 bits per heavy atom. The van der Waals surface area contributed by atoms with Gasteiger partial charge in [0.2, 0.25) is 0 Å². The monoisotopic (exact) mass is 462 g/mol. The minimum Gasteiger partial charge on any atom is -0.338 e. The molecule has 0 aliphatic carbocycles. The molecule has 1 amide bonds. The van der Waals surface area contributed by atoms with E-state index in [4.69, 9.17) is 0 Å². The number of fused-ring (bicyclic) bond motifs is 1. The third-order valence-corrected chi connectivity index (χ3v) is 6.15. The zero-order valence-corrected chi connectivity index (χ0v) is 15.9. The molecule has 2 heterocycles. The number of halogens is 2. The second-order valence-electron chi connectivity index (χ2n) is 6.11. The van der Waals surface area contributed by atoms with Gasteiger partial charge in [-0.2, -0.15) is 0 Å². The molecule has 2 aliphatic heterocycles. The van der Waals surface area contributed by atoms with Crippen molar-refractivity contribution < 1.29 is 4.79 Å². The Kier molecular flexibility index (Phi) is 4.90. The molecule has 0 N–H and O–H groups in total. The molecule has 0 saturated carbocycles. The second kappa shape index (κ2) is 6.54. The summed E-state index contributed by atoms with van der Waals surface area (Å²) < 4.78 is 2.00. The van der Waals surface area contributed by atoms with Gasteiger partial charge in [0.25, 0.3) is 5.91 Å². The summed E-state index contributed by atoms with van der Waals surface area (Å²) in [4.78, 5) is 17.3. The highest BCUT2D eigenvalue weighted by atomic mass is 127. The Balaban J connectivity index is 1.76. The number of piperidine rings is 2. The van der Waals surface area contributed by atoms with E-state index in [1.807, 2.05) is 18.2 Å². The summed E-state index contributed by atoms with van der Waals surface area (Å²) in [7, 11) is 2.23. The van der Waals surface area contributed by atoms with Gasteiger partial charge in [0.1, 0.15) is 0 Å². The molecule has 5 heteroatoms. The number of likely N-dealkylation sites (tertiary alicyclic amines) is 2. The quantitative estimate of drug-likeness (QED) is 0.595. The summed E-state index contributed by atoms with van der Waals surface area (Å²) in [5, 5.41) is 0. The van der Waals surface area contributed by atoms with Crippen molar-refractivity contribution >= 4 is 44.4 Å². The fraction of sp³-hybridized carbons (Fsp3) is 0.562. The minimum absolute atomic E-state index is 0.173. The predicted molar refractivity (Wildman–Crippen MR) is 96.5 cm³/mol. The molecule has 2 aliphatic rings. The van der Waals surface area contributed by atoms with Gasteiger partial charge >= 0.3 is 0 Å². The summed E-state index contributed by atoms with van der Waals surface area (Å²) in [5.41, 5.74) is 0.796. The molecular weight excluding hydrogens is 443 g/mol. The Bertz CT molecular complexity index is 551. The number of benzene rings is 1. The lowest BCUT2D eigenvalue weighted by Crippen LogP contribution is -2.53. The van der Waals surface area contributed by atoms with Gasteiger partial charge in [-0.25, -0.2) is 0 Å². The first-order chi connectivity index (χ1) is 10.1. The van der Waals surface area contributed by atoms with E-state index in [-0.39, 0.29) is 5.91 Å². The highest BCUT2D eigenvalue weighted by Crippen LogP contribution is 2.31. The van der Waals surface area contributed by atoms with Gasteiger partial charge in [-0.15, -0.1) is 0 Å². The van der Waals surface area contributed by atoms with Crippen LogP contribution in [0.1, 0.15) is 29.6 Å². The smallest absolute Gasteiger partial charge is 0.255 e. The van der Waals surface area contributed by atoms with Crippen LogP contribution in [0.15, 0.2) is 22.7 Å². The van der Waals surface area contributed by atoms with Crippen molar-refractivity contribution in [2.45, 2.75) is 25.3 Å². The van der Waals surface area contributed by atoms with Crippen LogP contribution >= 0.6 is 38.5 Å². The van der Waals surface area contributed by atoms with Gasteiger partial charge in [-0.05, 0) is 95.5 Å². The van der Waals surface area contributed by atoms with Crippen molar-refractivity contribution in [1.29, 1.82) is 0 Å². The molecule has 0 radical (unpaired) electrons. The van der Waals surface area contributed by atoms with E-state index in [1.54, 1.807) is 0 Å². The summed E-state index contributed by atoms with van der Waals surface area (Å²) in [5.74, 6) is 0.815. The van der Waals surface area contributed by atoms with Crippen molar-refractivity contribution in [1.82, 2.24) is 9.80 Å². The number of hydrogen-bond donors (Lipinski definition) is 0. The van der Waals surface area contributed by atoms with Crippen molar-refractivity contribution in [3.05, 3.63) is 31.8 Å². The summed E-state index contributed by atoms with van der Waals surface area (Å²) in [6.45, 7) is 2.99. The van der Waals surface area contributed by atoms with E-state index in [1.165, 1.54) is 19.4 Å². The molecule has 2 fully saturated rings. The maximum Gasteiger partial charge on any atom is 0.255 e. The molecule has 2 atom stereocenters. The molecule has 0 aromatic heterocycles. The number of amides is 1. The van der Waals surface area contributed by atoms with Crippen LogP contribution < -0.4 is 0 Å². The highest BCUT2D eigenvalue weighted by Gasteiger charge is 2.36. The molecule has 3 nitrogen and oxygen atoms in total. The zero-order valence-electron chi connectivity index (χ0n) is 12.2. The Morgan fingerprint density at radius 2 is 2.14 bits per heavy atom. The Morgan fingerprint density at radius 3 is 2.95 bits per heavy atom. The maximum absolute atomic E-state index is 12.8. The number of hydrogen-bond acceptors (Lipinski definition) is 2. The molecular formula is C16H20BrIN2O. The van der Waals surface area contributed by atoms with Gasteiger partial charge in [-0.3, -0.25) is 4.79 Å². The minimum atomic E-state index is 0.173. The van der Waals surface area contributed by atoms with Crippen LogP contribution in [0, 0.1) is 9.49 Å². The van der Waals surface area contributed by atoms with Gasteiger partial charge in [-0.1, -0.05) is 0 Å². The maximum atomic E-state index is 12.8. The van der Waals surface area contributed by atoms with E-state index in [9.17, 15) is 4.79 Å². The molecule has 2 saturated heterocycles. The lowest BCUT2D eigenvalue weighted by atomic mass is 9.84. The van der Waals surface area contributed by atoms with Crippen molar-refractivity contribution in [2.24, 2.45) is 5.92 Å². The molecule has 3 rings (SSSR count). The van der Waals surface area contributed by atoms with Gasteiger partial charge in [0.15, 0.2) is 0 Å². The summed E-state index contributed by atoms with van der Waals surface area (Å²) >= 11 is 5.78. The molecule has 0 bridgehead atoms. The first-order valence-corrected chi connectivity index (χ1v) is 9.38. The number of carbonyl (C=O) groups excluding carboxylic acids is 1. The van der Waals surface area contributed by atoms with Crippen molar-refractivity contribution in [3.63, 3.8) is 0 Å². The molecule has 0 spiro atoms.